The lowest BCUT2D eigenvalue weighted by molar-refractivity contribution is -0.116. The maximum absolute atomic E-state index is 11.0. The SMILES string of the molecule is Cc1ccc(COc2ccc(/C=C/C(=O)NN)cc2)cc1. The van der Waals surface area contributed by atoms with Gasteiger partial charge in [-0.25, -0.2) is 5.84 Å². The summed E-state index contributed by atoms with van der Waals surface area (Å²) in [4.78, 5) is 11.0. The van der Waals surface area contributed by atoms with Gasteiger partial charge in [-0.2, -0.15) is 0 Å². The van der Waals surface area contributed by atoms with E-state index in [0.717, 1.165) is 16.9 Å². The normalized spacial score (nSPS) is 10.6. The van der Waals surface area contributed by atoms with E-state index in [4.69, 9.17) is 10.6 Å². The molecule has 0 aliphatic rings. The second kappa shape index (κ2) is 7.26. The van der Waals surface area contributed by atoms with Gasteiger partial charge in [0.05, 0.1) is 0 Å². The van der Waals surface area contributed by atoms with Crippen molar-refractivity contribution in [1.29, 1.82) is 0 Å². The predicted molar refractivity (Wildman–Crippen MR) is 83.3 cm³/mol. The van der Waals surface area contributed by atoms with Crippen molar-refractivity contribution in [1.82, 2.24) is 5.43 Å². The van der Waals surface area contributed by atoms with Gasteiger partial charge in [0.15, 0.2) is 0 Å². The van der Waals surface area contributed by atoms with E-state index in [-0.39, 0.29) is 5.91 Å². The Morgan fingerprint density at radius 3 is 2.43 bits per heavy atom. The van der Waals surface area contributed by atoms with Crippen molar-refractivity contribution in [3.05, 3.63) is 71.3 Å². The Labute approximate surface area is 124 Å². The van der Waals surface area contributed by atoms with E-state index in [2.05, 4.69) is 31.2 Å². The van der Waals surface area contributed by atoms with Crippen LogP contribution in [0, 0.1) is 6.92 Å². The first-order chi connectivity index (χ1) is 10.2. The molecule has 0 aromatic heterocycles. The average molecular weight is 282 g/mol. The second-order valence-electron chi connectivity index (χ2n) is 4.69. The maximum Gasteiger partial charge on any atom is 0.257 e. The zero-order valence-electron chi connectivity index (χ0n) is 11.9. The summed E-state index contributed by atoms with van der Waals surface area (Å²) in [5.41, 5.74) is 5.30. The number of aryl methyl sites for hydroxylation is 1. The Morgan fingerprint density at radius 1 is 1.14 bits per heavy atom. The molecule has 1 amide bonds. The lowest BCUT2D eigenvalue weighted by Crippen LogP contribution is -2.27. The summed E-state index contributed by atoms with van der Waals surface area (Å²) >= 11 is 0. The zero-order valence-corrected chi connectivity index (χ0v) is 11.9. The van der Waals surface area contributed by atoms with E-state index in [9.17, 15) is 4.79 Å². The van der Waals surface area contributed by atoms with Crippen molar-refractivity contribution in [2.75, 3.05) is 0 Å². The highest BCUT2D eigenvalue weighted by molar-refractivity contribution is 5.91. The molecular weight excluding hydrogens is 264 g/mol. The van der Waals surface area contributed by atoms with E-state index in [1.54, 1.807) is 6.08 Å². The first-order valence-corrected chi connectivity index (χ1v) is 6.64. The van der Waals surface area contributed by atoms with Crippen molar-refractivity contribution < 1.29 is 9.53 Å². The number of amides is 1. The number of benzene rings is 2. The molecule has 4 heteroatoms. The zero-order chi connectivity index (χ0) is 15.1. The first kappa shape index (κ1) is 14.8. The van der Waals surface area contributed by atoms with Crippen LogP contribution in [-0.4, -0.2) is 5.91 Å². The van der Waals surface area contributed by atoms with Gasteiger partial charge in [-0.1, -0.05) is 42.0 Å². The summed E-state index contributed by atoms with van der Waals surface area (Å²) < 4.78 is 5.71. The summed E-state index contributed by atoms with van der Waals surface area (Å²) in [6.45, 7) is 2.59. The topological polar surface area (TPSA) is 64.3 Å². The van der Waals surface area contributed by atoms with E-state index in [1.165, 1.54) is 11.6 Å². The molecule has 0 aliphatic carbocycles. The van der Waals surface area contributed by atoms with Crippen LogP contribution in [0.2, 0.25) is 0 Å². The number of nitrogens with one attached hydrogen (secondary N) is 1. The van der Waals surface area contributed by atoms with Gasteiger partial charge in [0.25, 0.3) is 5.91 Å². The Hall–Kier alpha value is -2.59. The van der Waals surface area contributed by atoms with E-state index < -0.39 is 0 Å². The standard InChI is InChI=1S/C17H18N2O2/c1-13-2-4-15(5-3-13)12-21-16-9-6-14(7-10-16)8-11-17(20)19-18/h2-11H,12,18H2,1H3,(H,19,20)/b11-8+. The maximum atomic E-state index is 11.0. The van der Waals surface area contributed by atoms with Crippen LogP contribution in [-0.2, 0) is 11.4 Å². The third kappa shape index (κ3) is 4.78. The fourth-order valence-electron chi connectivity index (χ4n) is 1.75. The van der Waals surface area contributed by atoms with Gasteiger partial charge in [-0.05, 0) is 36.3 Å². The minimum atomic E-state index is -0.338. The van der Waals surface area contributed by atoms with Gasteiger partial charge in [0.2, 0.25) is 0 Å². The minimum absolute atomic E-state index is 0.338. The molecule has 21 heavy (non-hydrogen) atoms. The van der Waals surface area contributed by atoms with Crippen molar-refractivity contribution in [2.45, 2.75) is 13.5 Å². The fraction of sp³-hybridized carbons (Fsp3) is 0.118. The molecule has 0 heterocycles. The molecule has 0 unspecified atom stereocenters. The van der Waals surface area contributed by atoms with Crippen molar-refractivity contribution in [2.24, 2.45) is 5.84 Å². The van der Waals surface area contributed by atoms with Gasteiger partial charge in [-0.3, -0.25) is 10.2 Å². The van der Waals surface area contributed by atoms with Crippen LogP contribution in [0.3, 0.4) is 0 Å². The van der Waals surface area contributed by atoms with E-state index in [0.29, 0.717) is 6.61 Å². The molecule has 108 valence electrons. The largest absolute Gasteiger partial charge is 0.489 e. The highest BCUT2D eigenvalue weighted by atomic mass is 16.5. The van der Waals surface area contributed by atoms with E-state index >= 15 is 0 Å². The molecular formula is C17H18N2O2. The number of rotatable bonds is 5. The summed E-state index contributed by atoms with van der Waals surface area (Å²) in [6, 6.07) is 15.7. The second-order valence-corrected chi connectivity index (χ2v) is 4.69. The molecule has 0 spiro atoms. The van der Waals surface area contributed by atoms with Crippen LogP contribution < -0.4 is 16.0 Å². The number of ether oxygens (including phenoxy) is 1. The Balaban J connectivity index is 1.91. The molecule has 2 aromatic carbocycles. The van der Waals surface area contributed by atoms with Crippen LogP contribution in [0.1, 0.15) is 16.7 Å². The lowest BCUT2D eigenvalue weighted by atomic mass is 10.2. The molecule has 2 rings (SSSR count). The van der Waals surface area contributed by atoms with E-state index in [1.807, 2.05) is 29.7 Å². The molecule has 0 aliphatic heterocycles. The highest BCUT2D eigenvalue weighted by Gasteiger charge is 1.97. The molecule has 4 nitrogen and oxygen atoms in total. The number of carbonyl (C=O) groups excluding carboxylic acids is 1. The highest BCUT2D eigenvalue weighted by Crippen LogP contribution is 2.15. The molecule has 0 saturated carbocycles. The molecule has 0 bridgehead atoms. The Morgan fingerprint density at radius 2 is 1.81 bits per heavy atom. The monoisotopic (exact) mass is 282 g/mol. The Bertz CT molecular complexity index is 616. The summed E-state index contributed by atoms with van der Waals surface area (Å²) in [5, 5.41) is 0. The predicted octanol–water partition coefficient (Wildman–Crippen LogP) is 2.58. The number of carbonyl (C=O) groups is 1. The molecule has 0 saturated heterocycles. The first-order valence-electron chi connectivity index (χ1n) is 6.64. The third-order valence-electron chi connectivity index (χ3n) is 2.98. The smallest absolute Gasteiger partial charge is 0.257 e. The van der Waals surface area contributed by atoms with Gasteiger partial charge < -0.3 is 4.74 Å². The summed E-state index contributed by atoms with van der Waals surface area (Å²) in [6.07, 6.45) is 3.06. The van der Waals surface area contributed by atoms with Crippen LogP contribution in [0.25, 0.3) is 6.08 Å². The molecule has 0 fully saturated rings. The average Bonchev–Trinajstić information content (AvgIpc) is 2.53. The molecule has 0 radical (unpaired) electrons. The quantitative estimate of drug-likeness (QED) is 0.383. The number of nitrogens with two attached hydrogens (primary N) is 1. The summed E-state index contributed by atoms with van der Waals surface area (Å²) in [5.74, 6) is 5.44. The van der Waals surface area contributed by atoms with Gasteiger partial charge in [-0.15, -0.1) is 0 Å². The third-order valence-corrected chi connectivity index (χ3v) is 2.98. The molecule has 2 aromatic rings. The lowest BCUT2D eigenvalue weighted by Gasteiger charge is -2.06. The number of hydrogen-bond acceptors (Lipinski definition) is 3. The van der Waals surface area contributed by atoms with Crippen molar-refractivity contribution >= 4 is 12.0 Å². The van der Waals surface area contributed by atoms with Gasteiger partial charge >= 0.3 is 0 Å². The summed E-state index contributed by atoms with van der Waals surface area (Å²) in [7, 11) is 0. The minimum Gasteiger partial charge on any atom is -0.489 e. The van der Waals surface area contributed by atoms with Crippen LogP contribution in [0.4, 0.5) is 0 Å². The molecule has 0 atom stereocenters. The number of hydrazine groups is 1. The molecule has 3 N–H and O–H groups in total. The van der Waals surface area contributed by atoms with Crippen LogP contribution in [0.5, 0.6) is 5.75 Å². The number of hydrogen-bond donors (Lipinski definition) is 2. The Kier molecular flexibility index (Phi) is 5.12. The fourth-order valence-corrected chi connectivity index (χ4v) is 1.75. The van der Waals surface area contributed by atoms with Crippen molar-refractivity contribution in [3.8, 4) is 5.75 Å². The van der Waals surface area contributed by atoms with Crippen LogP contribution >= 0.6 is 0 Å². The van der Waals surface area contributed by atoms with Gasteiger partial charge in [0.1, 0.15) is 12.4 Å². The van der Waals surface area contributed by atoms with Crippen LogP contribution in [0.15, 0.2) is 54.6 Å². The van der Waals surface area contributed by atoms with Gasteiger partial charge in [0, 0.05) is 6.08 Å². The van der Waals surface area contributed by atoms with Crippen molar-refractivity contribution in [3.63, 3.8) is 0 Å².